The first-order valence-corrected chi connectivity index (χ1v) is 7.84. The van der Waals surface area contributed by atoms with Crippen molar-refractivity contribution in [3.8, 4) is 11.8 Å². The van der Waals surface area contributed by atoms with Gasteiger partial charge in [0.05, 0.1) is 11.3 Å². The second kappa shape index (κ2) is 6.72. The zero-order chi connectivity index (χ0) is 17.1. The Labute approximate surface area is 141 Å². The van der Waals surface area contributed by atoms with Crippen LogP contribution < -0.4 is 16.4 Å². The minimum absolute atomic E-state index is 0.279. The number of pyridine rings is 1. The summed E-state index contributed by atoms with van der Waals surface area (Å²) in [5, 5.41) is 0. The van der Waals surface area contributed by atoms with E-state index < -0.39 is 0 Å². The molecule has 2 aromatic rings. The molecule has 24 heavy (non-hydrogen) atoms. The lowest BCUT2D eigenvalue weighted by atomic mass is 10.1. The minimum Gasteiger partial charge on any atom is -0.384 e. The second-order valence-corrected chi connectivity index (χ2v) is 5.88. The highest BCUT2D eigenvalue weighted by Gasteiger charge is 2.20. The van der Waals surface area contributed by atoms with Crippen LogP contribution in [0, 0.1) is 18.8 Å². The van der Waals surface area contributed by atoms with Crippen LogP contribution in [-0.4, -0.2) is 53.1 Å². The van der Waals surface area contributed by atoms with E-state index in [2.05, 4.69) is 43.6 Å². The molecule has 124 valence electrons. The van der Waals surface area contributed by atoms with Crippen molar-refractivity contribution in [2.75, 3.05) is 49.6 Å². The smallest absolute Gasteiger partial charge is 0.222 e. The second-order valence-electron chi connectivity index (χ2n) is 5.88. The number of hydrogen-bond donors (Lipinski definition) is 2. The van der Waals surface area contributed by atoms with Gasteiger partial charge in [0.1, 0.15) is 11.6 Å². The number of hydrogen-bond acceptors (Lipinski definition) is 7. The third kappa shape index (κ3) is 3.55. The molecule has 2 aromatic heterocycles. The molecule has 7 heteroatoms. The Kier molecular flexibility index (Phi) is 4.49. The fourth-order valence-electron chi connectivity index (χ4n) is 2.59. The molecule has 0 aliphatic carbocycles. The molecule has 0 spiro atoms. The van der Waals surface area contributed by atoms with Crippen LogP contribution in [0.15, 0.2) is 18.3 Å². The number of aromatic nitrogens is 3. The predicted molar refractivity (Wildman–Crippen MR) is 95.5 cm³/mol. The number of rotatable bonds is 1. The van der Waals surface area contributed by atoms with E-state index in [4.69, 9.17) is 11.5 Å². The average molecular weight is 323 g/mol. The van der Waals surface area contributed by atoms with Gasteiger partial charge in [-0.25, -0.2) is 9.97 Å². The van der Waals surface area contributed by atoms with Crippen molar-refractivity contribution in [1.29, 1.82) is 0 Å². The summed E-state index contributed by atoms with van der Waals surface area (Å²) < 4.78 is 0. The lowest BCUT2D eigenvalue weighted by Gasteiger charge is -2.33. The summed E-state index contributed by atoms with van der Waals surface area (Å²) in [4.78, 5) is 17.3. The number of nitrogen functional groups attached to an aromatic ring is 2. The van der Waals surface area contributed by atoms with E-state index in [0.717, 1.165) is 48.8 Å². The molecule has 1 aliphatic heterocycles. The number of nitrogens with two attached hydrogens (primary N) is 2. The molecule has 0 unspecified atom stereocenters. The molecule has 1 saturated heterocycles. The summed E-state index contributed by atoms with van der Waals surface area (Å²) in [5.74, 6) is 7.86. The lowest BCUT2D eigenvalue weighted by molar-refractivity contribution is 0.312. The van der Waals surface area contributed by atoms with Crippen molar-refractivity contribution in [3.05, 3.63) is 35.2 Å². The largest absolute Gasteiger partial charge is 0.384 e. The zero-order valence-electron chi connectivity index (χ0n) is 14.0. The van der Waals surface area contributed by atoms with Gasteiger partial charge in [-0.1, -0.05) is 11.8 Å². The van der Waals surface area contributed by atoms with Gasteiger partial charge in [-0.3, -0.25) is 0 Å². The normalized spacial score (nSPS) is 15.0. The maximum absolute atomic E-state index is 5.85. The van der Waals surface area contributed by atoms with Gasteiger partial charge in [-0.05, 0) is 26.1 Å². The van der Waals surface area contributed by atoms with Crippen LogP contribution in [0.4, 0.5) is 17.6 Å². The number of piperazine rings is 1. The zero-order valence-corrected chi connectivity index (χ0v) is 14.0. The highest BCUT2D eigenvalue weighted by Crippen LogP contribution is 2.22. The van der Waals surface area contributed by atoms with Crippen LogP contribution in [0.3, 0.4) is 0 Å². The number of anilines is 3. The van der Waals surface area contributed by atoms with Gasteiger partial charge >= 0.3 is 0 Å². The van der Waals surface area contributed by atoms with Crippen molar-refractivity contribution in [2.24, 2.45) is 0 Å². The monoisotopic (exact) mass is 323 g/mol. The van der Waals surface area contributed by atoms with Crippen LogP contribution in [0.5, 0.6) is 0 Å². The Morgan fingerprint density at radius 3 is 2.46 bits per heavy atom. The van der Waals surface area contributed by atoms with E-state index in [1.165, 1.54) is 0 Å². The molecular formula is C17H21N7. The van der Waals surface area contributed by atoms with E-state index >= 15 is 0 Å². The lowest BCUT2D eigenvalue weighted by Crippen LogP contribution is -2.45. The molecule has 0 amide bonds. The van der Waals surface area contributed by atoms with E-state index in [0.29, 0.717) is 5.82 Å². The van der Waals surface area contributed by atoms with Gasteiger partial charge in [-0.15, -0.1) is 0 Å². The van der Waals surface area contributed by atoms with Gasteiger partial charge in [0.25, 0.3) is 0 Å². The van der Waals surface area contributed by atoms with Crippen LogP contribution in [0.2, 0.25) is 0 Å². The minimum atomic E-state index is 0.279. The van der Waals surface area contributed by atoms with Crippen molar-refractivity contribution >= 4 is 17.6 Å². The molecule has 3 heterocycles. The SMILES string of the molecule is Cc1nc(N)nc(N2CCN(C)CC2)c1C#Cc1ccc(N)nc1. The van der Waals surface area contributed by atoms with Crippen LogP contribution in [-0.2, 0) is 0 Å². The molecule has 1 fully saturated rings. The van der Waals surface area contributed by atoms with Crippen molar-refractivity contribution in [3.63, 3.8) is 0 Å². The third-order valence-electron chi connectivity index (χ3n) is 4.01. The maximum Gasteiger partial charge on any atom is 0.222 e. The van der Waals surface area contributed by atoms with Gasteiger partial charge in [0.2, 0.25) is 5.95 Å². The Morgan fingerprint density at radius 1 is 1.04 bits per heavy atom. The van der Waals surface area contributed by atoms with E-state index in [9.17, 15) is 0 Å². The Hall–Kier alpha value is -2.85. The van der Waals surface area contributed by atoms with E-state index in [1.807, 2.05) is 13.0 Å². The number of aryl methyl sites for hydroxylation is 1. The Balaban J connectivity index is 1.96. The summed E-state index contributed by atoms with van der Waals surface area (Å²) in [6, 6.07) is 3.58. The molecule has 0 radical (unpaired) electrons. The summed E-state index contributed by atoms with van der Waals surface area (Å²) >= 11 is 0. The molecule has 0 aromatic carbocycles. The molecule has 0 atom stereocenters. The van der Waals surface area contributed by atoms with Crippen molar-refractivity contribution in [2.45, 2.75) is 6.92 Å². The summed E-state index contributed by atoms with van der Waals surface area (Å²) in [6.45, 7) is 5.66. The first kappa shape index (κ1) is 16.0. The topological polar surface area (TPSA) is 97.2 Å². The van der Waals surface area contributed by atoms with Crippen LogP contribution in [0.25, 0.3) is 0 Å². The third-order valence-corrected chi connectivity index (χ3v) is 4.01. The van der Waals surface area contributed by atoms with Gasteiger partial charge < -0.3 is 21.3 Å². The van der Waals surface area contributed by atoms with Gasteiger partial charge in [0.15, 0.2) is 0 Å². The molecule has 1 aliphatic rings. The molecule has 3 rings (SSSR count). The highest BCUT2D eigenvalue weighted by atomic mass is 15.3. The average Bonchev–Trinajstić information content (AvgIpc) is 2.56. The first-order valence-electron chi connectivity index (χ1n) is 7.84. The van der Waals surface area contributed by atoms with E-state index in [1.54, 1.807) is 12.3 Å². The fourth-order valence-corrected chi connectivity index (χ4v) is 2.59. The van der Waals surface area contributed by atoms with Gasteiger partial charge in [-0.2, -0.15) is 4.98 Å². The van der Waals surface area contributed by atoms with Gasteiger partial charge in [0, 0.05) is 37.9 Å². The summed E-state index contributed by atoms with van der Waals surface area (Å²) in [6.07, 6.45) is 1.66. The highest BCUT2D eigenvalue weighted by molar-refractivity contribution is 5.61. The molecule has 0 saturated carbocycles. The molecular weight excluding hydrogens is 302 g/mol. The first-order chi connectivity index (χ1) is 11.5. The van der Waals surface area contributed by atoms with Crippen LogP contribution >= 0.6 is 0 Å². The van der Waals surface area contributed by atoms with E-state index in [-0.39, 0.29) is 5.95 Å². The Morgan fingerprint density at radius 2 is 1.79 bits per heavy atom. The molecule has 7 nitrogen and oxygen atoms in total. The van der Waals surface area contributed by atoms with Crippen LogP contribution in [0.1, 0.15) is 16.8 Å². The number of nitrogens with zero attached hydrogens (tertiary/aromatic N) is 5. The maximum atomic E-state index is 5.85. The Bertz CT molecular complexity index is 781. The number of likely N-dealkylation sites (N-methyl/N-ethyl adjacent to an activating group) is 1. The standard InChI is InChI=1S/C17H21N7/c1-12-14(5-3-13-4-6-15(18)20-11-13)16(22-17(19)21-12)24-9-7-23(2)8-10-24/h4,6,11H,7-10H2,1-2H3,(H2,18,20)(H2,19,21,22). The molecule has 4 N–H and O–H groups in total. The quantitative estimate of drug-likeness (QED) is 0.737. The molecule has 0 bridgehead atoms. The van der Waals surface area contributed by atoms with Crippen molar-refractivity contribution in [1.82, 2.24) is 19.9 Å². The predicted octanol–water partition coefficient (Wildman–Crippen LogP) is 0.496. The summed E-state index contributed by atoms with van der Waals surface area (Å²) in [5.41, 5.74) is 13.8. The fraction of sp³-hybridized carbons (Fsp3) is 0.353. The summed E-state index contributed by atoms with van der Waals surface area (Å²) in [7, 11) is 2.12. The van der Waals surface area contributed by atoms with Crippen molar-refractivity contribution < 1.29 is 0 Å².